The summed E-state index contributed by atoms with van der Waals surface area (Å²) in [5, 5.41) is 10.4. The number of carbonyl (C=O) groups excluding carboxylic acids is 3. The molecule has 0 spiro atoms. The quantitative estimate of drug-likeness (QED) is 0.0502. The number of cyclic esters (lactones) is 1. The summed E-state index contributed by atoms with van der Waals surface area (Å²) in [4.78, 5) is 41.7. The Morgan fingerprint density at radius 1 is 0.803 bits per heavy atom. The SMILES string of the molecule is CO[C@H]1O[C@H](CO)[C@@H](OCc2ccccc2)[C@H](OCc2ccccc2)[C@@H]1OCCCc1oc(C(=O)[C@H](C)C(=O)N2C(=O)OC[C@@H]2Cc2ccccc2)cc1-c1cccc(C)c1. The summed E-state index contributed by atoms with van der Waals surface area (Å²) in [6.07, 6.45) is -3.25. The Morgan fingerprint density at radius 2 is 1.44 bits per heavy atom. The third-order valence-corrected chi connectivity index (χ3v) is 11.1. The second-order valence-corrected chi connectivity index (χ2v) is 15.5. The highest BCUT2D eigenvalue weighted by molar-refractivity contribution is 6.12. The van der Waals surface area contributed by atoms with E-state index < -0.39 is 60.4 Å². The van der Waals surface area contributed by atoms with Crippen LogP contribution < -0.4 is 0 Å². The number of hydrogen-bond donors (Lipinski definition) is 1. The van der Waals surface area contributed by atoms with Gasteiger partial charge >= 0.3 is 6.09 Å². The highest BCUT2D eigenvalue weighted by Gasteiger charge is 2.48. The molecule has 61 heavy (non-hydrogen) atoms. The Bertz CT molecular complexity index is 2190. The Kier molecular flexibility index (Phi) is 14.9. The highest BCUT2D eigenvalue weighted by Crippen LogP contribution is 2.33. The van der Waals surface area contributed by atoms with Gasteiger partial charge in [0, 0.05) is 25.7 Å². The number of amides is 2. The molecule has 2 aliphatic rings. The third kappa shape index (κ3) is 10.7. The molecule has 2 amide bonds. The van der Waals surface area contributed by atoms with Gasteiger partial charge in [-0.1, -0.05) is 121 Å². The number of furan rings is 1. The first-order valence-corrected chi connectivity index (χ1v) is 20.7. The van der Waals surface area contributed by atoms with E-state index >= 15 is 0 Å². The maximum absolute atomic E-state index is 14.0. The number of ether oxygens (including phenoxy) is 6. The summed E-state index contributed by atoms with van der Waals surface area (Å²) >= 11 is 0. The van der Waals surface area contributed by atoms with E-state index in [2.05, 4.69) is 0 Å². The van der Waals surface area contributed by atoms with Crippen LogP contribution in [-0.4, -0.2) is 91.5 Å². The van der Waals surface area contributed by atoms with Crippen molar-refractivity contribution in [3.63, 3.8) is 0 Å². The zero-order valence-electron chi connectivity index (χ0n) is 34.7. The van der Waals surface area contributed by atoms with Gasteiger partial charge in [-0.3, -0.25) is 9.59 Å². The normalized spacial score (nSPS) is 21.9. The molecular weight excluding hydrogens is 779 g/mol. The number of hydrogen-bond acceptors (Lipinski definition) is 11. The summed E-state index contributed by atoms with van der Waals surface area (Å²) in [7, 11) is 1.52. The van der Waals surface area contributed by atoms with Crippen molar-refractivity contribution < 1.29 is 52.3 Å². The molecule has 0 unspecified atom stereocenters. The fourth-order valence-electron chi connectivity index (χ4n) is 7.86. The Labute approximate surface area is 356 Å². The molecule has 1 N–H and O–H groups in total. The van der Waals surface area contributed by atoms with Crippen LogP contribution >= 0.6 is 0 Å². The molecule has 320 valence electrons. The van der Waals surface area contributed by atoms with E-state index in [4.69, 9.17) is 32.8 Å². The topological polar surface area (TPSA) is 143 Å². The predicted octanol–water partition coefficient (Wildman–Crippen LogP) is 7.52. The van der Waals surface area contributed by atoms with Crippen molar-refractivity contribution in [1.29, 1.82) is 0 Å². The number of imide groups is 1. The lowest BCUT2D eigenvalue weighted by Gasteiger charge is -2.45. The molecule has 2 fully saturated rings. The number of methoxy groups -OCH3 is 1. The van der Waals surface area contributed by atoms with Gasteiger partial charge in [-0.2, -0.15) is 0 Å². The molecule has 7 atom stereocenters. The lowest BCUT2D eigenvalue weighted by Crippen LogP contribution is -2.61. The van der Waals surface area contributed by atoms with Crippen LogP contribution in [0.5, 0.6) is 0 Å². The van der Waals surface area contributed by atoms with Crippen molar-refractivity contribution in [2.75, 3.05) is 26.9 Å². The molecule has 0 aliphatic carbocycles. The monoisotopic (exact) mass is 831 g/mol. The van der Waals surface area contributed by atoms with Crippen molar-refractivity contribution >= 4 is 17.8 Å². The van der Waals surface area contributed by atoms with Gasteiger partial charge in [0.2, 0.25) is 11.7 Å². The first kappa shape index (κ1) is 43.6. The van der Waals surface area contributed by atoms with Crippen molar-refractivity contribution in [2.45, 2.75) is 83.1 Å². The summed E-state index contributed by atoms with van der Waals surface area (Å²) in [6, 6.07) is 38.0. The number of rotatable bonds is 19. The Hall–Kier alpha value is -5.47. The number of nitrogens with zero attached hydrogens (tertiary/aromatic N) is 1. The zero-order valence-corrected chi connectivity index (χ0v) is 34.7. The van der Waals surface area contributed by atoms with Crippen molar-refractivity contribution in [2.24, 2.45) is 5.92 Å². The van der Waals surface area contributed by atoms with Gasteiger partial charge in [-0.25, -0.2) is 9.69 Å². The van der Waals surface area contributed by atoms with Gasteiger partial charge in [-0.15, -0.1) is 0 Å². The molecule has 7 rings (SSSR count). The first-order chi connectivity index (χ1) is 29.7. The number of ketones is 1. The van der Waals surface area contributed by atoms with Gasteiger partial charge < -0.3 is 37.9 Å². The molecule has 12 nitrogen and oxygen atoms in total. The minimum absolute atomic E-state index is 0.0170. The number of carbonyl (C=O) groups is 3. The van der Waals surface area contributed by atoms with Crippen molar-refractivity contribution in [3.8, 4) is 11.1 Å². The molecule has 12 heteroatoms. The molecule has 1 aromatic heterocycles. The summed E-state index contributed by atoms with van der Waals surface area (Å²) in [6.45, 7) is 3.96. The smallest absolute Gasteiger partial charge is 0.417 e. The lowest BCUT2D eigenvalue weighted by molar-refractivity contribution is -0.319. The van der Waals surface area contributed by atoms with E-state index in [1.165, 1.54) is 14.0 Å². The van der Waals surface area contributed by atoms with Gasteiger partial charge in [0.1, 0.15) is 42.7 Å². The lowest BCUT2D eigenvalue weighted by atomic mass is 9.97. The van der Waals surface area contributed by atoms with Gasteiger partial charge in [0.25, 0.3) is 0 Å². The third-order valence-electron chi connectivity index (χ3n) is 11.1. The van der Waals surface area contributed by atoms with E-state index in [0.717, 1.165) is 32.7 Å². The van der Waals surface area contributed by atoms with E-state index in [0.29, 0.717) is 30.6 Å². The standard InChI is InChI=1S/C49H53NO11/c1-32-15-13-22-37(25-32)39-27-41(43(52)33(2)47(53)50-38(31-59-49(50)54)26-34-16-7-4-8-17-34)60-40(39)23-14-24-56-46-45(58-30-36-20-11-6-12-21-36)44(42(28-51)61-48(46)55-3)57-29-35-18-9-5-10-19-35/h4-13,15-22,25,27,33,38,42,44-46,48,51H,14,23-24,26,28-31H2,1-3H3/t33-,38-,42+,44+,45-,46-,48-/m0/s1. The molecule has 2 saturated heterocycles. The molecular formula is C49H53NO11. The number of aryl methyl sites for hydroxylation is 2. The van der Waals surface area contributed by atoms with Crippen LogP contribution in [0.15, 0.2) is 126 Å². The van der Waals surface area contributed by atoms with E-state index in [1.54, 1.807) is 6.07 Å². The maximum Gasteiger partial charge on any atom is 0.417 e. The van der Waals surface area contributed by atoms with E-state index in [1.807, 2.05) is 122 Å². The molecule has 4 aromatic carbocycles. The fourth-order valence-corrected chi connectivity index (χ4v) is 7.86. The van der Waals surface area contributed by atoms with Crippen molar-refractivity contribution in [3.05, 3.63) is 155 Å². The number of Topliss-reactive ketones (excluding diaryl/α,β-unsaturated/α-hetero) is 1. The second-order valence-electron chi connectivity index (χ2n) is 15.5. The molecule has 5 aromatic rings. The van der Waals surface area contributed by atoms with Gasteiger partial charge in [-0.05, 0) is 55.0 Å². The van der Waals surface area contributed by atoms with Crippen LogP contribution in [0.1, 0.15) is 51.9 Å². The molecule has 3 heterocycles. The number of aliphatic hydroxyl groups excluding tert-OH is 1. The summed E-state index contributed by atoms with van der Waals surface area (Å²) in [5.41, 5.74) is 5.45. The van der Waals surface area contributed by atoms with Crippen molar-refractivity contribution in [1.82, 2.24) is 4.90 Å². The van der Waals surface area contributed by atoms with E-state index in [-0.39, 0.29) is 38.8 Å². The molecule has 0 radical (unpaired) electrons. The number of benzene rings is 4. The van der Waals surface area contributed by atoms with Gasteiger partial charge in [0.15, 0.2) is 12.1 Å². The number of aliphatic hydroxyl groups is 1. The van der Waals surface area contributed by atoms with Crippen LogP contribution in [-0.2, 0) is 59.3 Å². The van der Waals surface area contributed by atoms with E-state index in [9.17, 15) is 19.5 Å². The second kappa shape index (κ2) is 20.9. The average molecular weight is 832 g/mol. The Morgan fingerprint density at radius 3 is 2.07 bits per heavy atom. The average Bonchev–Trinajstić information content (AvgIpc) is 3.89. The molecule has 0 bridgehead atoms. The minimum Gasteiger partial charge on any atom is -0.457 e. The predicted molar refractivity (Wildman–Crippen MR) is 225 cm³/mol. The van der Waals surface area contributed by atoms with Crippen LogP contribution in [0.2, 0.25) is 0 Å². The summed E-state index contributed by atoms with van der Waals surface area (Å²) in [5.74, 6) is -1.83. The molecule has 0 saturated carbocycles. The fraction of sp³-hybridized carbons (Fsp3) is 0.367. The highest BCUT2D eigenvalue weighted by atomic mass is 16.7. The largest absolute Gasteiger partial charge is 0.457 e. The van der Waals surface area contributed by atoms with Crippen LogP contribution in [0.4, 0.5) is 4.79 Å². The summed E-state index contributed by atoms with van der Waals surface area (Å²) < 4.78 is 43.1. The van der Waals surface area contributed by atoms with Crippen LogP contribution in [0.25, 0.3) is 11.1 Å². The van der Waals surface area contributed by atoms with Crippen LogP contribution in [0, 0.1) is 12.8 Å². The maximum atomic E-state index is 14.0. The zero-order chi connectivity index (χ0) is 42.7. The Balaban J connectivity index is 1.08. The van der Waals surface area contributed by atoms with Gasteiger partial charge in [0.05, 0.1) is 25.9 Å². The first-order valence-electron chi connectivity index (χ1n) is 20.7. The minimum atomic E-state index is -1.21. The van der Waals surface area contributed by atoms with Crippen LogP contribution in [0.3, 0.4) is 0 Å². The molecule has 2 aliphatic heterocycles.